The predicted octanol–water partition coefficient (Wildman–Crippen LogP) is 2.92. The van der Waals surface area contributed by atoms with Gasteiger partial charge in [-0.3, -0.25) is 9.69 Å². The van der Waals surface area contributed by atoms with E-state index in [2.05, 4.69) is 4.98 Å². The average molecular weight is 371 g/mol. The molecule has 0 N–H and O–H groups in total. The summed E-state index contributed by atoms with van der Waals surface area (Å²) in [5, 5.41) is 0. The van der Waals surface area contributed by atoms with Crippen LogP contribution in [0.3, 0.4) is 0 Å². The zero-order valence-corrected chi connectivity index (χ0v) is 14.4. The maximum Gasteiger partial charge on any atom is 0.233 e. The number of carbonyl (C=O) groups is 1. The SMILES string of the molecule is O=C(CCn1ccnc1)N1c2ccccc2S(=O)(=O)c2cc(F)ccc21. The number of hydrogen-bond acceptors (Lipinski definition) is 4. The van der Waals surface area contributed by atoms with Gasteiger partial charge in [-0.2, -0.15) is 0 Å². The van der Waals surface area contributed by atoms with Gasteiger partial charge in [-0.15, -0.1) is 0 Å². The third-order valence-corrected chi connectivity index (χ3v) is 6.07. The van der Waals surface area contributed by atoms with E-state index in [1.165, 1.54) is 17.0 Å². The van der Waals surface area contributed by atoms with Crippen molar-refractivity contribution in [2.75, 3.05) is 4.90 Å². The van der Waals surface area contributed by atoms with E-state index in [4.69, 9.17) is 0 Å². The highest BCUT2D eigenvalue weighted by atomic mass is 32.2. The van der Waals surface area contributed by atoms with Crippen molar-refractivity contribution in [2.45, 2.75) is 22.8 Å². The van der Waals surface area contributed by atoms with Crippen LogP contribution in [0, 0.1) is 5.82 Å². The third-order valence-electron chi connectivity index (χ3n) is 4.24. The van der Waals surface area contributed by atoms with Gasteiger partial charge in [0.25, 0.3) is 0 Å². The summed E-state index contributed by atoms with van der Waals surface area (Å²) in [6.45, 7) is 0.404. The minimum atomic E-state index is -3.90. The Morgan fingerprint density at radius 1 is 1.08 bits per heavy atom. The van der Waals surface area contributed by atoms with Gasteiger partial charge in [-0.25, -0.2) is 17.8 Å². The molecule has 2 aromatic carbocycles. The summed E-state index contributed by atoms with van der Waals surface area (Å²) < 4.78 is 41.1. The molecular weight excluding hydrogens is 357 g/mol. The molecule has 1 aliphatic rings. The van der Waals surface area contributed by atoms with Gasteiger partial charge in [0.2, 0.25) is 15.7 Å². The Bertz CT molecular complexity index is 1090. The fraction of sp³-hybridized carbons (Fsp3) is 0.111. The van der Waals surface area contributed by atoms with Gasteiger partial charge < -0.3 is 4.57 Å². The van der Waals surface area contributed by atoms with Gasteiger partial charge in [-0.05, 0) is 30.3 Å². The Kier molecular flexibility index (Phi) is 3.84. The number of carbonyl (C=O) groups excluding carboxylic acids is 1. The Labute approximate surface area is 149 Å². The van der Waals surface area contributed by atoms with Crippen molar-refractivity contribution in [1.29, 1.82) is 0 Å². The number of halogens is 1. The maximum atomic E-state index is 13.7. The Balaban J connectivity index is 1.81. The van der Waals surface area contributed by atoms with Crippen LogP contribution in [0.2, 0.25) is 0 Å². The van der Waals surface area contributed by atoms with Gasteiger partial charge in [0.15, 0.2) is 0 Å². The molecule has 132 valence electrons. The monoisotopic (exact) mass is 371 g/mol. The van der Waals surface area contributed by atoms with Crippen molar-refractivity contribution in [3.05, 3.63) is 67.0 Å². The van der Waals surface area contributed by atoms with Crippen LogP contribution in [-0.2, 0) is 21.2 Å². The zero-order chi connectivity index (χ0) is 18.3. The summed E-state index contributed by atoms with van der Waals surface area (Å²) in [5.74, 6) is -0.952. The predicted molar refractivity (Wildman–Crippen MR) is 92.3 cm³/mol. The van der Waals surface area contributed by atoms with Crippen molar-refractivity contribution < 1.29 is 17.6 Å². The van der Waals surface area contributed by atoms with Crippen LogP contribution in [0.4, 0.5) is 15.8 Å². The lowest BCUT2D eigenvalue weighted by Gasteiger charge is -2.31. The highest BCUT2D eigenvalue weighted by Gasteiger charge is 2.36. The Hall–Kier alpha value is -3.00. The molecule has 8 heteroatoms. The second-order valence-corrected chi connectivity index (χ2v) is 7.75. The number of anilines is 2. The molecule has 0 bridgehead atoms. The molecule has 1 aliphatic heterocycles. The average Bonchev–Trinajstić information content (AvgIpc) is 3.14. The molecule has 0 fully saturated rings. The number of hydrogen-bond donors (Lipinski definition) is 0. The summed E-state index contributed by atoms with van der Waals surface area (Å²) in [5.41, 5.74) is 0.447. The first-order valence-corrected chi connectivity index (χ1v) is 9.39. The number of fused-ring (bicyclic) bond motifs is 2. The molecule has 4 rings (SSSR count). The second-order valence-electron chi connectivity index (χ2n) is 5.86. The molecule has 0 aliphatic carbocycles. The third kappa shape index (κ3) is 2.59. The number of aryl methyl sites for hydroxylation is 1. The number of para-hydroxylation sites is 1. The van der Waals surface area contributed by atoms with Crippen molar-refractivity contribution in [3.63, 3.8) is 0 Å². The van der Waals surface area contributed by atoms with Crippen LogP contribution >= 0.6 is 0 Å². The maximum absolute atomic E-state index is 13.7. The summed E-state index contributed by atoms with van der Waals surface area (Å²) in [6.07, 6.45) is 5.10. The molecular formula is C18H14FN3O3S. The molecule has 6 nitrogen and oxygen atoms in total. The van der Waals surface area contributed by atoms with E-state index in [9.17, 15) is 17.6 Å². The van der Waals surface area contributed by atoms with Gasteiger partial charge in [0.05, 0.1) is 27.5 Å². The quantitative estimate of drug-likeness (QED) is 0.710. The van der Waals surface area contributed by atoms with E-state index >= 15 is 0 Å². The summed E-state index contributed by atoms with van der Waals surface area (Å²) >= 11 is 0. The topological polar surface area (TPSA) is 72.3 Å². The summed E-state index contributed by atoms with van der Waals surface area (Å²) in [4.78, 5) is 18.0. The Morgan fingerprint density at radius 2 is 1.85 bits per heavy atom. The highest BCUT2D eigenvalue weighted by molar-refractivity contribution is 7.92. The van der Waals surface area contributed by atoms with Gasteiger partial charge in [0, 0.05) is 25.4 Å². The van der Waals surface area contributed by atoms with Crippen molar-refractivity contribution >= 4 is 27.1 Å². The number of aromatic nitrogens is 2. The minimum absolute atomic E-state index is 0.00548. The van der Waals surface area contributed by atoms with Crippen LogP contribution in [0.15, 0.2) is 71.0 Å². The number of benzene rings is 2. The smallest absolute Gasteiger partial charge is 0.233 e. The summed E-state index contributed by atoms with van der Waals surface area (Å²) in [6, 6.07) is 9.68. The van der Waals surface area contributed by atoms with Crippen molar-refractivity contribution in [1.82, 2.24) is 9.55 Å². The highest BCUT2D eigenvalue weighted by Crippen LogP contribution is 2.44. The van der Waals surface area contributed by atoms with Gasteiger partial charge >= 0.3 is 0 Å². The molecule has 2 heterocycles. The van der Waals surface area contributed by atoms with E-state index < -0.39 is 15.7 Å². The van der Waals surface area contributed by atoms with Crippen LogP contribution in [0.1, 0.15) is 6.42 Å². The van der Waals surface area contributed by atoms with Crippen molar-refractivity contribution in [3.8, 4) is 0 Å². The van der Waals surface area contributed by atoms with E-state index in [0.717, 1.165) is 12.1 Å². The fourth-order valence-electron chi connectivity index (χ4n) is 3.03. The van der Waals surface area contributed by atoms with Crippen LogP contribution in [-0.4, -0.2) is 23.9 Å². The molecule has 26 heavy (non-hydrogen) atoms. The molecule has 1 amide bonds. The normalized spacial score (nSPS) is 14.6. The first-order chi connectivity index (χ1) is 12.5. The van der Waals surface area contributed by atoms with E-state index in [0.29, 0.717) is 6.54 Å². The number of rotatable bonds is 3. The number of sulfone groups is 1. The lowest BCUT2D eigenvalue weighted by atomic mass is 10.2. The molecule has 0 radical (unpaired) electrons. The second kappa shape index (κ2) is 6.06. The van der Waals surface area contributed by atoms with Crippen LogP contribution in [0.5, 0.6) is 0 Å². The standard InChI is InChI=1S/C18H14FN3O3S/c19-13-5-6-15-17(11-13)26(24,25)16-4-2-1-3-14(16)22(15)18(23)7-9-21-10-8-20-12-21/h1-6,8,10-12H,7,9H2. The molecule has 0 saturated heterocycles. The molecule has 1 aromatic heterocycles. The largest absolute Gasteiger partial charge is 0.337 e. The molecule has 0 saturated carbocycles. The first-order valence-electron chi connectivity index (χ1n) is 7.91. The lowest BCUT2D eigenvalue weighted by molar-refractivity contribution is -0.118. The number of amides is 1. The van der Waals surface area contributed by atoms with E-state index in [1.54, 1.807) is 41.5 Å². The van der Waals surface area contributed by atoms with Crippen LogP contribution < -0.4 is 4.90 Å². The zero-order valence-electron chi connectivity index (χ0n) is 13.5. The van der Waals surface area contributed by atoms with Gasteiger partial charge in [0.1, 0.15) is 5.82 Å². The van der Waals surface area contributed by atoms with Crippen molar-refractivity contribution in [2.24, 2.45) is 0 Å². The lowest BCUT2D eigenvalue weighted by Crippen LogP contribution is -2.32. The molecule has 0 unspecified atom stereocenters. The number of imidazole rings is 1. The summed E-state index contributed by atoms with van der Waals surface area (Å²) in [7, 11) is -3.90. The van der Waals surface area contributed by atoms with E-state index in [-0.39, 0.29) is 33.5 Å². The van der Waals surface area contributed by atoms with Crippen LogP contribution in [0.25, 0.3) is 0 Å². The Morgan fingerprint density at radius 3 is 2.62 bits per heavy atom. The molecule has 0 atom stereocenters. The van der Waals surface area contributed by atoms with Gasteiger partial charge in [-0.1, -0.05) is 12.1 Å². The minimum Gasteiger partial charge on any atom is -0.337 e. The number of nitrogens with zero attached hydrogens (tertiary/aromatic N) is 3. The molecule has 3 aromatic rings. The van der Waals surface area contributed by atoms with E-state index in [1.807, 2.05) is 0 Å². The first kappa shape index (κ1) is 16.5. The fourth-order valence-corrected chi connectivity index (χ4v) is 4.66. The molecule has 0 spiro atoms.